The summed E-state index contributed by atoms with van der Waals surface area (Å²) in [6.07, 6.45) is 4.85. The van der Waals surface area contributed by atoms with Gasteiger partial charge in [-0.3, -0.25) is 4.98 Å². The zero-order valence-corrected chi connectivity index (χ0v) is 17.1. The van der Waals surface area contributed by atoms with Crippen LogP contribution in [0.4, 0.5) is 0 Å². The number of rotatable bonds is 7. The van der Waals surface area contributed by atoms with Gasteiger partial charge in [-0.25, -0.2) is 4.99 Å². The van der Waals surface area contributed by atoms with Crippen molar-refractivity contribution in [2.45, 2.75) is 33.7 Å². The lowest BCUT2D eigenvalue weighted by Crippen LogP contribution is -2.38. The van der Waals surface area contributed by atoms with Crippen LogP contribution in [-0.4, -0.2) is 36.1 Å². The molecule has 0 amide bonds. The third kappa shape index (κ3) is 4.44. The van der Waals surface area contributed by atoms with Crippen LogP contribution in [0, 0.1) is 13.8 Å². The Bertz CT molecular complexity index is 961. The highest BCUT2D eigenvalue weighted by molar-refractivity contribution is 5.83. The Kier molecular flexibility index (Phi) is 6.53. The Labute approximate surface area is 166 Å². The lowest BCUT2D eigenvalue weighted by molar-refractivity contribution is 0.407. The third-order valence-corrected chi connectivity index (χ3v) is 4.84. The van der Waals surface area contributed by atoms with Crippen molar-refractivity contribution in [2.24, 2.45) is 4.99 Å². The molecule has 0 bridgehead atoms. The fraction of sp³-hybridized carbons (Fsp3) is 0.364. The molecule has 3 rings (SSSR count). The Morgan fingerprint density at radius 1 is 1.21 bits per heavy atom. The van der Waals surface area contributed by atoms with Crippen molar-refractivity contribution in [3.63, 3.8) is 0 Å². The summed E-state index contributed by atoms with van der Waals surface area (Å²) in [5.74, 6) is 1.68. The van der Waals surface area contributed by atoms with Gasteiger partial charge in [0.1, 0.15) is 5.75 Å². The Morgan fingerprint density at radius 3 is 2.82 bits per heavy atom. The quantitative estimate of drug-likeness (QED) is 0.434. The summed E-state index contributed by atoms with van der Waals surface area (Å²) in [6.45, 7) is 8.21. The average Bonchev–Trinajstić information content (AvgIpc) is 3.11. The van der Waals surface area contributed by atoms with E-state index in [9.17, 15) is 0 Å². The molecule has 0 radical (unpaired) electrons. The number of methoxy groups -OCH3 is 1. The number of H-pyrrole nitrogens is 1. The number of ether oxygens (including phenoxy) is 1. The van der Waals surface area contributed by atoms with Crippen molar-refractivity contribution in [3.05, 3.63) is 59.0 Å². The highest BCUT2D eigenvalue weighted by atomic mass is 16.5. The van der Waals surface area contributed by atoms with Crippen LogP contribution >= 0.6 is 0 Å². The molecule has 2 heterocycles. The average molecular weight is 380 g/mol. The molecule has 148 valence electrons. The first-order valence-electron chi connectivity index (χ1n) is 9.70. The Morgan fingerprint density at radius 2 is 2.04 bits per heavy atom. The number of benzene rings is 1. The molecule has 0 unspecified atom stereocenters. The van der Waals surface area contributed by atoms with Crippen LogP contribution in [0.2, 0.25) is 0 Å². The molecule has 0 spiro atoms. The van der Waals surface area contributed by atoms with E-state index >= 15 is 0 Å². The van der Waals surface area contributed by atoms with Gasteiger partial charge in [-0.15, -0.1) is 0 Å². The fourth-order valence-corrected chi connectivity index (χ4v) is 3.38. The van der Waals surface area contributed by atoms with Gasteiger partial charge in [0.25, 0.3) is 0 Å². The van der Waals surface area contributed by atoms with Crippen LogP contribution in [0.25, 0.3) is 10.9 Å². The summed E-state index contributed by atoms with van der Waals surface area (Å²) in [5, 5.41) is 8.00. The highest BCUT2D eigenvalue weighted by Gasteiger charge is 2.09. The Balaban J connectivity index is 1.65. The molecule has 0 saturated carbocycles. The molecule has 6 heteroatoms. The van der Waals surface area contributed by atoms with E-state index in [1.165, 1.54) is 16.5 Å². The molecule has 3 aromatic rings. The number of hydrogen-bond donors (Lipinski definition) is 3. The van der Waals surface area contributed by atoms with Crippen molar-refractivity contribution >= 4 is 16.9 Å². The van der Waals surface area contributed by atoms with E-state index in [1.54, 1.807) is 7.11 Å². The molecule has 0 fully saturated rings. The van der Waals surface area contributed by atoms with Crippen LogP contribution in [0.5, 0.6) is 5.75 Å². The predicted octanol–water partition coefficient (Wildman–Crippen LogP) is 3.49. The second-order valence-electron chi connectivity index (χ2n) is 6.78. The molecule has 2 aromatic heterocycles. The van der Waals surface area contributed by atoms with Crippen molar-refractivity contribution in [3.8, 4) is 5.75 Å². The van der Waals surface area contributed by atoms with Crippen molar-refractivity contribution in [1.82, 2.24) is 20.6 Å². The van der Waals surface area contributed by atoms with Crippen molar-refractivity contribution in [2.75, 3.05) is 20.2 Å². The lowest BCUT2D eigenvalue weighted by Gasteiger charge is -2.13. The number of aliphatic imine (C=N–C) groups is 1. The summed E-state index contributed by atoms with van der Waals surface area (Å²) in [6, 6.07) is 8.37. The number of para-hydroxylation sites is 1. The molecule has 0 aliphatic carbocycles. The van der Waals surface area contributed by atoms with Crippen LogP contribution in [-0.2, 0) is 13.0 Å². The zero-order valence-electron chi connectivity index (χ0n) is 17.1. The van der Waals surface area contributed by atoms with Crippen LogP contribution in [0.3, 0.4) is 0 Å². The van der Waals surface area contributed by atoms with Gasteiger partial charge < -0.3 is 20.4 Å². The monoisotopic (exact) mass is 379 g/mol. The minimum atomic E-state index is 0.505. The van der Waals surface area contributed by atoms with Crippen LogP contribution < -0.4 is 15.4 Å². The standard InChI is InChI=1S/C22H29N5O/c1-5-23-22(27-14-20-16(3)21(28-4)15(2)12-25-20)24-11-10-17-13-26-19-9-7-6-8-18(17)19/h6-9,12-13,26H,5,10-11,14H2,1-4H3,(H2,23,24,27). The molecule has 1 aromatic carbocycles. The summed E-state index contributed by atoms with van der Waals surface area (Å²) in [7, 11) is 1.69. The number of aryl methyl sites for hydroxylation is 1. The largest absolute Gasteiger partial charge is 0.496 e. The van der Waals surface area contributed by atoms with Gasteiger partial charge in [-0.1, -0.05) is 18.2 Å². The van der Waals surface area contributed by atoms with E-state index in [0.717, 1.165) is 48.0 Å². The summed E-state index contributed by atoms with van der Waals surface area (Å²) in [4.78, 5) is 12.6. The van der Waals surface area contributed by atoms with Gasteiger partial charge in [-0.2, -0.15) is 0 Å². The molecular weight excluding hydrogens is 350 g/mol. The minimum Gasteiger partial charge on any atom is -0.496 e. The normalized spacial score (nSPS) is 11.6. The van der Waals surface area contributed by atoms with Crippen molar-refractivity contribution < 1.29 is 4.74 Å². The van der Waals surface area contributed by atoms with E-state index in [1.807, 2.05) is 26.1 Å². The molecule has 6 nitrogen and oxygen atoms in total. The first-order chi connectivity index (χ1) is 13.6. The van der Waals surface area contributed by atoms with E-state index in [4.69, 9.17) is 9.73 Å². The second-order valence-corrected chi connectivity index (χ2v) is 6.78. The van der Waals surface area contributed by atoms with Gasteiger partial charge in [-0.05, 0) is 38.8 Å². The molecular formula is C22H29N5O. The number of aromatic nitrogens is 2. The van der Waals surface area contributed by atoms with Crippen LogP contribution in [0.15, 0.2) is 41.7 Å². The van der Waals surface area contributed by atoms with Crippen LogP contribution in [0.1, 0.15) is 29.3 Å². The maximum absolute atomic E-state index is 5.49. The maximum atomic E-state index is 5.49. The van der Waals surface area contributed by atoms with Gasteiger partial charge in [0, 0.05) is 47.5 Å². The second kappa shape index (κ2) is 9.26. The van der Waals surface area contributed by atoms with Gasteiger partial charge in [0.15, 0.2) is 5.96 Å². The predicted molar refractivity (Wildman–Crippen MR) is 115 cm³/mol. The van der Waals surface area contributed by atoms with Gasteiger partial charge >= 0.3 is 0 Å². The number of nitrogens with one attached hydrogen (secondary N) is 3. The zero-order chi connectivity index (χ0) is 19.9. The minimum absolute atomic E-state index is 0.505. The van der Waals surface area contributed by atoms with E-state index in [2.05, 4.69) is 51.9 Å². The number of fused-ring (bicyclic) bond motifs is 1. The van der Waals surface area contributed by atoms with E-state index < -0.39 is 0 Å². The van der Waals surface area contributed by atoms with E-state index in [-0.39, 0.29) is 0 Å². The molecule has 0 atom stereocenters. The number of guanidine groups is 1. The molecule has 3 N–H and O–H groups in total. The van der Waals surface area contributed by atoms with E-state index in [0.29, 0.717) is 6.54 Å². The third-order valence-electron chi connectivity index (χ3n) is 4.84. The van der Waals surface area contributed by atoms with Crippen molar-refractivity contribution in [1.29, 1.82) is 0 Å². The Hall–Kier alpha value is -3.02. The number of hydrogen-bond acceptors (Lipinski definition) is 3. The number of pyridine rings is 1. The molecule has 0 saturated heterocycles. The highest BCUT2D eigenvalue weighted by Crippen LogP contribution is 2.24. The first kappa shape index (κ1) is 19.7. The fourth-order valence-electron chi connectivity index (χ4n) is 3.38. The molecule has 0 aliphatic heterocycles. The van der Waals surface area contributed by atoms with Gasteiger partial charge in [0.2, 0.25) is 0 Å². The lowest BCUT2D eigenvalue weighted by atomic mass is 10.1. The molecule has 0 aliphatic rings. The SMILES string of the molecule is CCNC(=NCc1ncc(C)c(OC)c1C)NCCc1c[nH]c2ccccc12. The number of nitrogens with zero attached hydrogens (tertiary/aromatic N) is 2. The topological polar surface area (TPSA) is 74.3 Å². The number of aromatic amines is 1. The summed E-state index contributed by atoms with van der Waals surface area (Å²) < 4.78 is 5.49. The summed E-state index contributed by atoms with van der Waals surface area (Å²) in [5.41, 5.74) is 5.49. The maximum Gasteiger partial charge on any atom is 0.191 e. The van der Waals surface area contributed by atoms with Gasteiger partial charge in [0.05, 0.1) is 19.3 Å². The summed E-state index contributed by atoms with van der Waals surface area (Å²) >= 11 is 0. The molecule has 28 heavy (non-hydrogen) atoms. The smallest absolute Gasteiger partial charge is 0.191 e. The first-order valence-corrected chi connectivity index (χ1v) is 9.70.